The maximum atomic E-state index is 12.6. The van der Waals surface area contributed by atoms with Crippen molar-refractivity contribution in [1.29, 1.82) is 0 Å². The quantitative estimate of drug-likeness (QED) is 0.761. The summed E-state index contributed by atoms with van der Waals surface area (Å²) < 4.78 is 5.21. The van der Waals surface area contributed by atoms with Gasteiger partial charge in [-0.2, -0.15) is 0 Å². The molecular weight excluding hydrogens is 382 g/mol. The molecule has 1 saturated heterocycles. The SMILES string of the molecule is COc1ccc([C@@H]2CN(C(=O)CN(C)C)CC[C@H]2NC(=O)Nc2ccccc2)nc1. The monoisotopic (exact) mass is 411 g/mol. The Hall–Kier alpha value is -3.13. The summed E-state index contributed by atoms with van der Waals surface area (Å²) in [6.07, 6.45) is 2.32. The van der Waals surface area contributed by atoms with Crippen molar-refractivity contribution in [2.24, 2.45) is 0 Å². The largest absolute Gasteiger partial charge is 0.495 e. The summed E-state index contributed by atoms with van der Waals surface area (Å²) in [5.41, 5.74) is 1.55. The Morgan fingerprint density at radius 3 is 2.60 bits per heavy atom. The van der Waals surface area contributed by atoms with Gasteiger partial charge in [-0.3, -0.25) is 9.78 Å². The van der Waals surface area contributed by atoms with Crippen molar-refractivity contribution in [3.05, 3.63) is 54.4 Å². The van der Waals surface area contributed by atoms with E-state index in [9.17, 15) is 9.59 Å². The van der Waals surface area contributed by atoms with Gasteiger partial charge in [0.05, 0.1) is 19.9 Å². The van der Waals surface area contributed by atoms with E-state index in [1.54, 1.807) is 13.3 Å². The number of likely N-dealkylation sites (N-methyl/N-ethyl adjacent to an activating group) is 1. The minimum Gasteiger partial charge on any atom is -0.495 e. The molecule has 0 bridgehead atoms. The molecule has 0 radical (unpaired) electrons. The van der Waals surface area contributed by atoms with E-state index in [4.69, 9.17) is 4.74 Å². The fourth-order valence-corrected chi connectivity index (χ4v) is 3.61. The summed E-state index contributed by atoms with van der Waals surface area (Å²) in [5.74, 6) is 0.629. The third-order valence-electron chi connectivity index (χ3n) is 5.14. The second-order valence-corrected chi connectivity index (χ2v) is 7.67. The highest BCUT2D eigenvalue weighted by atomic mass is 16.5. The number of pyridine rings is 1. The summed E-state index contributed by atoms with van der Waals surface area (Å²) in [7, 11) is 5.35. The number of carbonyl (C=O) groups is 2. The van der Waals surface area contributed by atoms with Crippen LogP contribution in [0.4, 0.5) is 10.5 Å². The number of anilines is 1. The molecule has 0 unspecified atom stereocenters. The molecule has 30 heavy (non-hydrogen) atoms. The van der Waals surface area contributed by atoms with Crippen LogP contribution in [0.15, 0.2) is 48.7 Å². The van der Waals surface area contributed by atoms with Gasteiger partial charge >= 0.3 is 6.03 Å². The van der Waals surface area contributed by atoms with Crippen LogP contribution in [-0.2, 0) is 4.79 Å². The molecule has 0 spiro atoms. The molecule has 3 rings (SSSR count). The standard InChI is InChI=1S/C22H29N5O3/c1-26(2)15-21(28)27-12-11-20(25-22(29)24-16-7-5-4-6-8-16)18(14-27)19-10-9-17(30-3)13-23-19/h4-10,13,18,20H,11-12,14-15H2,1-3H3,(H2,24,25,29)/t18-,20+/m0/s1. The summed E-state index contributed by atoms with van der Waals surface area (Å²) in [6, 6.07) is 12.7. The molecule has 2 N–H and O–H groups in total. The first-order chi connectivity index (χ1) is 14.5. The molecule has 8 nitrogen and oxygen atoms in total. The summed E-state index contributed by atoms with van der Waals surface area (Å²) in [5, 5.41) is 5.94. The number of para-hydroxylation sites is 1. The first-order valence-corrected chi connectivity index (χ1v) is 10.0. The summed E-state index contributed by atoms with van der Waals surface area (Å²) in [6.45, 7) is 1.45. The van der Waals surface area contributed by atoms with Crippen LogP contribution < -0.4 is 15.4 Å². The van der Waals surface area contributed by atoms with Gasteiger partial charge in [-0.15, -0.1) is 0 Å². The van der Waals surface area contributed by atoms with Crippen molar-refractivity contribution in [2.45, 2.75) is 18.4 Å². The summed E-state index contributed by atoms with van der Waals surface area (Å²) >= 11 is 0. The van der Waals surface area contributed by atoms with Gasteiger partial charge in [-0.25, -0.2) is 4.79 Å². The smallest absolute Gasteiger partial charge is 0.319 e. The number of rotatable bonds is 6. The van der Waals surface area contributed by atoms with Gasteiger partial charge < -0.3 is 25.2 Å². The molecule has 1 aromatic heterocycles. The minimum atomic E-state index is -0.266. The Labute approximate surface area is 177 Å². The lowest BCUT2D eigenvalue weighted by Gasteiger charge is -2.39. The lowest BCUT2D eigenvalue weighted by atomic mass is 9.88. The van der Waals surface area contributed by atoms with Crippen LogP contribution in [-0.4, -0.2) is 73.6 Å². The van der Waals surface area contributed by atoms with Crippen molar-refractivity contribution < 1.29 is 14.3 Å². The third kappa shape index (κ3) is 5.70. The number of methoxy groups -OCH3 is 1. The summed E-state index contributed by atoms with van der Waals surface area (Å²) in [4.78, 5) is 33.4. The van der Waals surface area contributed by atoms with Crippen molar-refractivity contribution in [2.75, 3.05) is 46.2 Å². The normalized spacial score (nSPS) is 18.7. The number of benzene rings is 1. The van der Waals surface area contributed by atoms with Crippen molar-refractivity contribution >= 4 is 17.6 Å². The number of hydrogen-bond donors (Lipinski definition) is 2. The van der Waals surface area contributed by atoms with E-state index in [1.807, 2.05) is 66.4 Å². The van der Waals surface area contributed by atoms with Gasteiger partial charge in [0.1, 0.15) is 5.75 Å². The molecule has 0 aliphatic carbocycles. The molecule has 0 saturated carbocycles. The average molecular weight is 412 g/mol. The fourth-order valence-electron chi connectivity index (χ4n) is 3.61. The average Bonchev–Trinajstić information content (AvgIpc) is 2.74. The Balaban J connectivity index is 1.74. The van der Waals surface area contributed by atoms with Crippen LogP contribution in [0.1, 0.15) is 18.0 Å². The molecule has 8 heteroatoms. The van der Waals surface area contributed by atoms with Crippen molar-refractivity contribution in [3.63, 3.8) is 0 Å². The maximum Gasteiger partial charge on any atom is 0.319 e. The van der Waals surface area contributed by atoms with Crippen molar-refractivity contribution in [3.8, 4) is 5.75 Å². The first-order valence-electron chi connectivity index (χ1n) is 10.0. The predicted octanol–water partition coefficient (Wildman–Crippen LogP) is 2.16. The predicted molar refractivity (Wildman–Crippen MR) is 116 cm³/mol. The Kier molecular flexibility index (Phi) is 7.24. The molecule has 2 aromatic rings. The van der Waals surface area contributed by atoms with Crippen LogP contribution in [0.5, 0.6) is 5.75 Å². The number of ether oxygens (including phenoxy) is 1. The molecule has 1 aromatic carbocycles. The van der Waals surface area contributed by atoms with Crippen molar-refractivity contribution in [1.82, 2.24) is 20.1 Å². The van der Waals surface area contributed by atoms with Crippen LogP contribution in [0, 0.1) is 0 Å². The third-order valence-corrected chi connectivity index (χ3v) is 5.14. The van der Waals surface area contributed by atoms with Gasteiger partial charge in [0.15, 0.2) is 0 Å². The number of hydrogen-bond acceptors (Lipinski definition) is 5. The number of piperidine rings is 1. The molecule has 1 aliphatic rings. The fraction of sp³-hybridized carbons (Fsp3) is 0.409. The number of amides is 3. The van der Waals surface area contributed by atoms with Gasteiger partial charge in [0.25, 0.3) is 0 Å². The molecule has 3 amide bonds. The lowest BCUT2D eigenvalue weighted by Crippen LogP contribution is -2.53. The molecule has 160 valence electrons. The van der Waals surface area contributed by atoms with Crippen LogP contribution in [0.2, 0.25) is 0 Å². The van der Waals surface area contributed by atoms with Gasteiger partial charge in [-0.1, -0.05) is 18.2 Å². The van der Waals surface area contributed by atoms with Crippen LogP contribution in [0.3, 0.4) is 0 Å². The number of carbonyl (C=O) groups excluding carboxylic acids is 2. The molecular formula is C22H29N5O3. The van der Waals surface area contributed by atoms with E-state index in [0.717, 1.165) is 11.4 Å². The molecule has 2 heterocycles. The lowest BCUT2D eigenvalue weighted by molar-refractivity contribution is -0.133. The molecule has 2 atom stereocenters. The zero-order valence-corrected chi connectivity index (χ0v) is 17.7. The number of urea groups is 1. The highest BCUT2D eigenvalue weighted by Gasteiger charge is 2.34. The second-order valence-electron chi connectivity index (χ2n) is 7.67. The molecule has 1 fully saturated rings. The van der Waals surface area contributed by atoms with Gasteiger partial charge in [-0.05, 0) is 44.8 Å². The number of nitrogens with one attached hydrogen (secondary N) is 2. The van der Waals surface area contributed by atoms with E-state index in [1.165, 1.54) is 0 Å². The topological polar surface area (TPSA) is 86.8 Å². The Morgan fingerprint density at radius 2 is 1.97 bits per heavy atom. The van der Waals surface area contributed by atoms with Gasteiger partial charge in [0.2, 0.25) is 5.91 Å². The minimum absolute atomic E-state index is 0.0747. The number of aromatic nitrogens is 1. The second kappa shape index (κ2) is 10.1. The van der Waals surface area contributed by atoms with E-state index in [-0.39, 0.29) is 23.9 Å². The molecule has 1 aliphatic heterocycles. The maximum absolute atomic E-state index is 12.6. The van der Waals surface area contributed by atoms with E-state index < -0.39 is 0 Å². The highest BCUT2D eigenvalue weighted by Crippen LogP contribution is 2.27. The van der Waals surface area contributed by atoms with Gasteiger partial charge in [0, 0.05) is 36.4 Å². The van der Waals surface area contributed by atoms with Crippen LogP contribution in [0.25, 0.3) is 0 Å². The first kappa shape index (κ1) is 21.6. The number of likely N-dealkylation sites (tertiary alicyclic amines) is 1. The zero-order chi connectivity index (χ0) is 21.5. The van der Waals surface area contributed by atoms with Crippen LogP contribution >= 0.6 is 0 Å². The number of nitrogens with zero attached hydrogens (tertiary/aromatic N) is 3. The highest BCUT2D eigenvalue weighted by molar-refractivity contribution is 5.89. The van der Waals surface area contributed by atoms with E-state index >= 15 is 0 Å². The Bertz CT molecular complexity index is 842. The zero-order valence-electron chi connectivity index (χ0n) is 17.7. The Morgan fingerprint density at radius 1 is 1.20 bits per heavy atom. The van der Waals surface area contributed by atoms with E-state index in [2.05, 4.69) is 15.6 Å². The van der Waals surface area contributed by atoms with E-state index in [0.29, 0.717) is 31.8 Å².